The van der Waals surface area contributed by atoms with Crippen molar-refractivity contribution in [3.63, 3.8) is 0 Å². The molecule has 2 heterocycles. The highest BCUT2D eigenvalue weighted by Gasteiger charge is 2.42. The van der Waals surface area contributed by atoms with Gasteiger partial charge in [0.15, 0.2) is 12.6 Å². The monoisotopic (exact) mass is 678 g/mol. The number of ether oxygens (including phenoxy) is 7. The largest absolute Gasteiger partial charge is 0.497 e. The van der Waals surface area contributed by atoms with E-state index in [1.54, 1.807) is 33.1 Å². The Morgan fingerprint density at radius 1 is 0.776 bits per heavy atom. The third-order valence-electron chi connectivity index (χ3n) is 7.91. The average molecular weight is 679 g/mol. The molecule has 0 saturated carbocycles. The second-order valence-electron chi connectivity index (χ2n) is 11.3. The fourth-order valence-electron chi connectivity index (χ4n) is 5.22. The fraction of sp³-hybridized carbons (Fsp3) is 0.353. The Morgan fingerprint density at radius 2 is 1.35 bits per heavy atom. The van der Waals surface area contributed by atoms with Crippen molar-refractivity contribution in [1.29, 1.82) is 0 Å². The lowest BCUT2D eigenvalue weighted by atomic mass is 10.0. The number of benzene rings is 3. The van der Waals surface area contributed by atoms with Crippen LogP contribution in [0.25, 0.3) is 0 Å². The molecule has 1 saturated heterocycles. The zero-order valence-corrected chi connectivity index (χ0v) is 26.7. The van der Waals surface area contributed by atoms with Crippen molar-refractivity contribution in [1.82, 2.24) is 0 Å². The number of hydrogen-bond acceptors (Lipinski definition) is 13. The molecular weight excluding hydrogens is 644 g/mol. The molecule has 2 aliphatic heterocycles. The van der Waals surface area contributed by atoms with Crippen LogP contribution in [0.4, 0.5) is 11.4 Å². The van der Waals surface area contributed by atoms with Gasteiger partial charge in [-0.2, -0.15) is 0 Å². The number of nitrogens with zero attached hydrogens (tertiary/aromatic N) is 2. The van der Waals surface area contributed by atoms with Crippen LogP contribution in [0.5, 0.6) is 5.75 Å². The second kappa shape index (κ2) is 15.8. The molecule has 0 aromatic heterocycles. The fourth-order valence-corrected chi connectivity index (χ4v) is 5.22. The highest BCUT2D eigenvalue weighted by molar-refractivity contribution is 5.90. The molecule has 0 spiro atoms. The summed E-state index contributed by atoms with van der Waals surface area (Å²) in [6.07, 6.45) is -2.22. The van der Waals surface area contributed by atoms with Gasteiger partial charge in [0.2, 0.25) is 0 Å². The molecule has 0 bridgehead atoms. The summed E-state index contributed by atoms with van der Waals surface area (Å²) in [5, 5.41) is 22.0. The molecule has 3 aromatic rings. The lowest BCUT2D eigenvalue weighted by Gasteiger charge is -2.41. The number of rotatable bonds is 12. The van der Waals surface area contributed by atoms with Crippen molar-refractivity contribution >= 4 is 23.3 Å². The Bertz CT molecular complexity index is 1660. The first-order valence-electron chi connectivity index (χ1n) is 15.3. The van der Waals surface area contributed by atoms with E-state index in [1.807, 2.05) is 24.3 Å². The molecule has 7 atom stereocenters. The summed E-state index contributed by atoms with van der Waals surface area (Å²) in [6, 6.07) is 17.4. The van der Waals surface area contributed by atoms with Gasteiger partial charge in [0.25, 0.3) is 11.4 Å². The Labute approximate surface area is 280 Å². The highest BCUT2D eigenvalue weighted by atomic mass is 16.7. The number of carbonyl (C=O) groups is 2. The number of carbonyl (C=O) groups excluding carboxylic acids is 2. The first-order chi connectivity index (χ1) is 23.5. The van der Waals surface area contributed by atoms with E-state index >= 15 is 0 Å². The van der Waals surface area contributed by atoms with Gasteiger partial charge in [-0.15, -0.1) is 0 Å². The third-order valence-corrected chi connectivity index (χ3v) is 7.91. The Balaban J connectivity index is 1.26. The van der Waals surface area contributed by atoms with Crippen LogP contribution in [0.15, 0.2) is 84.9 Å². The molecule has 0 aliphatic carbocycles. The van der Waals surface area contributed by atoms with Crippen LogP contribution in [0.2, 0.25) is 0 Å². The molecule has 3 aromatic carbocycles. The number of nitro groups is 2. The minimum atomic E-state index is -0.933. The van der Waals surface area contributed by atoms with Gasteiger partial charge in [-0.05, 0) is 68.0 Å². The van der Waals surface area contributed by atoms with Crippen LogP contribution >= 0.6 is 0 Å². The van der Waals surface area contributed by atoms with Gasteiger partial charge in [-0.25, -0.2) is 9.59 Å². The number of nitro benzene ring substituents is 2. The maximum atomic E-state index is 13.2. The van der Waals surface area contributed by atoms with Crippen molar-refractivity contribution < 1.29 is 52.6 Å². The topological polar surface area (TPSA) is 185 Å². The van der Waals surface area contributed by atoms with Gasteiger partial charge in [0, 0.05) is 30.7 Å². The predicted molar refractivity (Wildman–Crippen MR) is 170 cm³/mol. The van der Waals surface area contributed by atoms with Gasteiger partial charge in [-0.3, -0.25) is 20.2 Å². The summed E-state index contributed by atoms with van der Waals surface area (Å²) in [6.45, 7) is 3.64. The first-order valence-corrected chi connectivity index (χ1v) is 15.3. The van der Waals surface area contributed by atoms with Gasteiger partial charge >= 0.3 is 11.9 Å². The van der Waals surface area contributed by atoms with E-state index in [-0.39, 0.29) is 35.5 Å². The number of esters is 2. The molecule has 15 heteroatoms. The predicted octanol–water partition coefficient (Wildman–Crippen LogP) is 5.30. The maximum absolute atomic E-state index is 13.2. The summed E-state index contributed by atoms with van der Waals surface area (Å²) >= 11 is 0. The molecule has 258 valence electrons. The number of methoxy groups -OCH3 is 1. The van der Waals surface area contributed by atoms with E-state index in [9.17, 15) is 29.8 Å². The molecule has 5 rings (SSSR count). The average Bonchev–Trinajstić information content (AvgIpc) is 3.10. The van der Waals surface area contributed by atoms with Crippen molar-refractivity contribution in [2.75, 3.05) is 7.11 Å². The van der Waals surface area contributed by atoms with Crippen LogP contribution in [0.1, 0.15) is 46.5 Å². The SMILES string of the molecule is COc1ccc(CO[C@H]2C[C@@H](OC(=O)c3ccc([N+](=O)[O-])cc3)[C@H](O[C@H]3C=C[C@H](OC(=O)c4ccc([N+](=O)[O-])cc4)[C@H](C)O3)[C@@H](C)O2)cc1. The molecular formula is C34H34N2O13. The summed E-state index contributed by atoms with van der Waals surface area (Å²) in [5.41, 5.74) is 0.794. The number of non-ortho nitro benzene ring substituents is 2. The Morgan fingerprint density at radius 3 is 1.88 bits per heavy atom. The van der Waals surface area contributed by atoms with Crippen molar-refractivity contribution in [3.05, 3.63) is 122 Å². The molecule has 2 aliphatic rings. The standard InChI is InChI=1S/C34H34N2O13/c1-20-28(47-33(37)23-6-10-25(11-7-23)35(39)40)16-17-30(45-20)49-32-21(2)46-31(44-19-22-4-14-27(43-3)15-5-22)18-29(32)48-34(38)24-8-12-26(13-9-24)36(41)42/h4-17,20-21,28-32H,18-19H2,1-3H3/t20-,21+,28-,29+,30-,31+,32+/m0/s1. The van der Waals surface area contributed by atoms with Crippen LogP contribution < -0.4 is 4.74 Å². The van der Waals surface area contributed by atoms with E-state index in [2.05, 4.69) is 0 Å². The minimum Gasteiger partial charge on any atom is -0.497 e. The van der Waals surface area contributed by atoms with Gasteiger partial charge in [0.1, 0.15) is 24.1 Å². The first kappa shape index (κ1) is 35.1. The van der Waals surface area contributed by atoms with Crippen molar-refractivity contribution in [2.45, 2.75) is 70.0 Å². The Hall–Kier alpha value is -5.22. The van der Waals surface area contributed by atoms with E-state index in [4.69, 9.17) is 33.2 Å². The smallest absolute Gasteiger partial charge is 0.338 e. The molecule has 0 unspecified atom stereocenters. The van der Waals surface area contributed by atoms with Gasteiger partial charge in [-0.1, -0.05) is 12.1 Å². The normalized spacial score (nSPS) is 24.8. The number of hydrogen-bond donors (Lipinski definition) is 0. The summed E-state index contributed by atoms with van der Waals surface area (Å²) < 4.78 is 41.0. The lowest BCUT2D eigenvalue weighted by molar-refractivity contribution is -0.385. The maximum Gasteiger partial charge on any atom is 0.338 e. The highest BCUT2D eigenvalue weighted by Crippen LogP contribution is 2.30. The summed E-state index contributed by atoms with van der Waals surface area (Å²) in [5.74, 6) is -0.706. The summed E-state index contributed by atoms with van der Waals surface area (Å²) in [7, 11) is 1.58. The van der Waals surface area contributed by atoms with Crippen molar-refractivity contribution in [2.24, 2.45) is 0 Å². The van der Waals surface area contributed by atoms with E-state index < -0.39 is 64.9 Å². The zero-order valence-electron chi connectivity index (χ0n) is 26.7. The van der Waals surface area contributed by atoms with E-state index in [0.29, 0.717) is 5.75 Å². The lowest BCUT2D eigenvalue weighted by Crippen LogP contribution is -2.52. The third kappa shape index (κ3) is 9.03. The quantitative estimate of drug-likeness (QED) is 0.104. The summed E-state index contributed by atoms with van der Waals surface area (Å²) in [4.78, 5) is 46.7. The molecule has 0 amide bonds. The molecule has 0 N–H and O–H groups in total. The van der Waals surface area contributed by atoms with Crippen molar-refractivity contribution in [3.8, 4) is 5.75 Å². The minimum absolute atomic E-state index is 0.103. The molecule has 15 nitrogen and oxygen atoms in total. The molecule has 0 radical (unpaired) electrons. The van der Waals surface area contributed by atoms with Gasteiger partial charge in [0.05, 0.1) is 46.9 Å². The van der Waals surface area contributed by atoms with E-state index in [0.717, 1.165) is 5.56 Å². The van der Waals surface area contributed by atoms with Crippen LogP contribution in [0, 0.1) is 20.2 Å². The second-order valence-corrected chi connectivity index (χ2v) is 11.3. The van der Waals surface area contributed by atoms with Crippen LogP contribution in [-0.4, -0.2) is 72.0 Å². The molecule has 1 fully saturated rings. The molecule has 49 heavy (non-hydrogen) atoms. The Kier molecular flexibility index (Phi) is 11.3. The van der Waals surface area contributed by atoms with Crippen LogP contribution in [0.3, 0.4) is 0 Å². The zero-order chi connectivity index (χ0) is 35.1. The van der Waals surface area contributed by atoms with Gasteiger partial charge < -0.3 is 33.2 Å². The van der Waals surface area contributed by atoms with E-state index in [1.165, 1.54) is 48.5 Å². The van der Waals surface area contributed by atoms with Crippen LogP contribution in [-0.2, 0) is 35.0 Å².